The van der Waals surface area contributed by atoms with Gasteiger partial charge in [0, 0.05) is 34.6 Å². The Labute approximate surface area is 157 Å². The lowest BCUT2D eigenvalue weighted by atomic mass is 10.1. The van der Waals surface area contributed by atoms with E-state index < -0.39 is 0 Å². The van der Waals surface area contributed by atoms with Crippen LogP contribution in [0.1, 0.15) is 13.8 Å². The number of nitrogens with one attached hydrogen (secondary N) is 2. The molecule has 0 radical (unpaired) electrons. The predicted molar refractivity (Wildman–Crippen MR) is 107 cm³/mol. The summed E-state index contributed by atoms with van der Waals surface area (Å²) in [4.78, 5) is 7.79. The third-order valence-electron chi connectivity index (χ3n) is 4.14. The van der Waals surface area contributed by atoms with Crippen molar-refractivity contribution in [3.63, 3.8) is 0 Å². The van der Waals surface area contributed by atoms with Gasteiger partial charge in [0.1, 0.15) is 17.4 Å². The zero-order valence-electron chi connectivity index (χ0n) is 15.2. The van der Waals surface area contributed by atoms with Gasteiger partial charge in [-0.3, -0.25) is 0 Å². The molecule has 4 aromatic rings. The van der Waals surface area contributed by atoms with E-state index in [0.29, 0.717) is 0 Å². The standard InChI is InChI=1S/C22H20FN3O/c1-14(2)27-19-8-6-18(7-9-19)25-22-12-21-16(13-24-22)11-20(26-21)15-4-3-5-17(23)10-15/h3-14,26H,1-2H3,(H,24,25). The van der Waals surface area contributed by atoms with Crippen LogP contribution in [-0.4, -0.2) is 16.1 Å². The van der Waals surface area contributed by atoms with Gasteiger partial charge in [-0.25, -0.2) is 9.37 Å². The summed E-state index contributed by atoms with van der Waals surface area (Å²) in [5.41, 5.74) is 3.53. The minimum Gasteiger partial charge on any atom is -0.491 e. The summed E-state index contributed by atoms with van der Waals surface area (Å²) < 4.78 is 19.1. The van der Waals surface area contributed by atoms with Gasteiger partial charge in [0.25, 0.3) is 0 Å². The first-order chi connectivity index (χ1) is 13.1. The summed E-state index contributed by atoms with van der Waals surface area (Å²) in [6.07, 6.45) is 1.95. The highest BCUT2D eigenvalue weighted by molar-refractivity contribution is 5.87. The molecule has 0 fully saturated rings. The number of H-pyrrole nitrogens is 1. The Hall–Kier alpha value is -3.34. The number of benzene rings is 2. The topological polar surface area (TPSA) is 49.9 Å². The third kappa shape index (κ3) is 3.92. The van der Waals surface area contributed by atoms with Gasteiger partial charge in [0.15, 0.2) is 0 Å². The van der Waals surface area contributed by atoms with Crippen molar-refractivity contribution in [2.24, 2.45) is 0 Å². The molecule has 0 atom stereocenters. The number of rotatable bonds is 5. The molecular weight excluding hydrogens is 341 g/mol. The number of anilines is 2. The molecule has 0 bridgehead atoms. The molecule has 0 aliphatic carbocycles. The number of aromatic nitrogens is 2. The van der Waals surface area contributed by atoms with Crippen molar-refractivity contribution >= 4 is 22.4 Å². The minimum atomic E-state index is -0.253. The first-order valence-electron chi connectivity index (χ1n) is 8.85. The SMILES string of the molecule is CC(C)Oc1ccc(Nc2cc3[nH]c(-c4cccc(F)c4)cc3cn2)cc1. The fourth-order valence-corrected chi connectivity index (χ4v) is 2.94. The van der Waals surface area contributed by atoms with Crippen LogP contribution in [0.3, 0.4) is 0 Å². The summed E-state index contributed by atoms with van der Waals surface area (Å²) in [6.45, 7) is 4.00. The molecule has 4 rings (SSSR count). The van der Waals surface area contributed by atoms with Crippen LogP contribution in [0.25, 0.3) is 22.2 Å². The molecule has 0 aliphatic heterocycles. The van der Waals surface area contributed by atoms with Crippen molar-refractivity contribution in [3.05, 3.63) is 72.7 Å². The summed E-state index contributed by atoms with van der Waals surface area (Å²) in [7, 11) is 0. The van der Waals surface area contributed by atoms with Crippen LogP contribution in [0.4, 0.5) is 15.9 Å². The molecule has 2 aromatic heterocycles. The van der Waals surface area contributed by atoms with Crippen molar-refractivity contribution in [3.8, 4) is 17.0 Å². The lowest BCUT2D eigenvalue weighted by Gasteiger charge is -2.10. The maximum atomic E-state index is 13.5. The Balaban J connectivity index is 1.56. The third-order valence-corrected chi connectivity index (χ3v) is 4.14. The molecule has 2 heterocycles. The molecule has 5 heteroatoms. The first-order valence-corrected chi connectivity index (χ1v) is 8.85. The molecular formula is C22H20FN3O. The Morgan fingerprint density at radius 1 is 1.04 bits per heavy atom. The number of fused-ring (bicyclic) bond motifs is 1. The van der Waals surface area contributed by atoms with Gasteiger partial charge >= 0.3 is 0 Å². The minimum absolute atomic E-state index is 0.146. The Morgan fingerprint density at radius 3 is 2.59 bits per heavy atom. The van der Waals surface area contributed by atoms with Gasteiger partial charge in [-0.1, -0.05) is 12.1 Å². The smallest absolute Gasteiger partial charge is 0.132 e. The van der Waals surface area contributed by atoms with Crippen LogP contribution < -0.4 is 10.1 Å². The Bertz CT molecular complexity index is 1070. The summed E-state index contributed by atoms with van der Waals surface area (Å²) in [6, 6.07) is 18.2. The zero-order valence-corrected chi connectivity index (χ0v) is 15.2. The van der Waals surface area contributed by atoms with Gasteiger partial charge in [0.2, 0.25) is 0 Å². The van der Waals surface area contributed by atoms with Crippen molar-refractivity contribution in [2.75, 3.05) is 5.32 Å². The van der Waals surface area contributed by atoms with Crippen molar-refractivity contribution in [1.29, 1.82) is 0 Å². The molecule has 2 aromatic carbocycles. The lowest BCUT2D eigenvalue weighted by molar-refractivity contribution is 0.242. The van der Waals surface area contributed by atoms with E-state index in [2.05, 4.69) is 15.3 Å². The maximum absolute atomic E-state index is 13.5. The number of halogens is 1. The van der Waals surface area contributed by atoms with E-state index in [1.54, 1.807) is 12.3 Å². The molecule has 0 aliphatic rings. The van der Waals surface area contributed by atoms with Gasteiger partial charge in [-0.15, -0.1) is 0 Å². The lowest BCUT2D eigenvalue weighted by Crippen LogP contribution is -2.05. The fourth-order valence-electron chi connectivity index (χ4n) is 2.94. The van der Waals surface area contributed by atoms with Gasteiger partial charge in [-0.2, -0.15) is 0 Å². The van der Waals surface area contributed by atoms with Crippen LogP contribution >= 0.6 is 0 Å². The summed E-state index contributed by atoms with van der Waals surface area (Å²) >= 11 is 0. The summed E-state index contributed by atoms with van der Waals surface area (Å²) in [5, 5.41) is 4.26. The first kappa shape index (κ1) is 17.1. The average Bonchev–Trinajstić information content (AvgIpc) is 3.06. The number of hydrogen-bond donors (Lipinski definition) is 2. The summed E-state index contributed by atoms with van der Waals surface area (Å²) in [5.74, 6) is 1.31. The molecule has 136 valence electrons. The van der Waals surface area contributed by atoms with Gasteiger partial charge < -0.3 is 15.0 Å². The predicted octanol–water partition coefficient (Wildman–Crippen LogP) is 5.90. The number of nitrogens with zero attached hydrogens (tertiary/aromatic N) is 1. The van der Waals surface area contributed by atoms with Crippen LogP contribution in [0.2, 0.25) is 0 Å². The normalized spacial score (nSPS) is 11.1. The average molecular weight is 361 g/mol. The number of pyridine rings is 1. The quantitative estimate of drug-likeness (QED) is 0.465. The molecule has 0 unspecified atom stereocenters. The van der Waals surface area contributed by atoms with E-state index in [4.69, 9.17) is 4.74 Å². The largest absolute Gasteiger partial charge is 0.491 e. The van der Waals surface area contributed by atoms with Crippen LogP contribution in [-0.2, 0) is 0 Å². The molecule has 0 saturated carbocycles. The maximum Gasteiger partial charge on any atom is 0.132 e. The van der Waals surface area contributed by atoms with E-state index in [0.717, 1.165) is 39.4 Å². The second-order valence-electron chi connectivity index (χ2n) is 6.67. The second kappa shape index (κ2) is 7.11. The van der Waals surface area contributed by atoms with Gasteiger partial charge in [0.05, 0.1) is 11.6 Å². The highest BCUT2D eigenvalue weighted by Crippen LogP contribution is 2.27. The number of hydrogen-bond acceptors (Lipinski definition) is 3. The fraction of sp³-hybridized carbons (Fsp3) is 0.136. The van der Waals surface area contributed by atoms with Crippen molar-refractivity contribution in [1.82, 2.24) is 9.97 Å². The van der Waals surface area contributed by atoms with E-state index in [-0.39, 0.29) is 11.9 Å². The number of ether oxygens (including phenoxy) is 1. The zero-order chi connectivity index (χ0) is 18.8. The van der Waals surface area contributed by atoms with E-state index in [1.165, 1.54) is 12.1 Å². The van der Waals surface area contributed by atoms with E-state index >= 15 is 0 Å². The van der Waals surface area contributed by atoms with Crippen molar-refractivity contribution < 1.29 is 9.13 Å². The Kier molecular flexibility index (Phi) is 4.50. The number of aromatic amines is 1. The van der Waals surface area contributed by atoms with Crippen LogP contribution in [0, 0.1) is 5.82 Å². The molecule has 27 heavy (non-hydrogen) atoms. The highest BCUT2D eigenvalue weighted by atomic mass is 19.1. The molecule has 0 spiro atoms. The van der Waals surface area contributed by atoms with Crippen molar-refractivity contribution in [2.45, 2.75) is 20.0 Å². The Morgan fingerprint density at radius 2 is 1.85 bits per heavy atom. The second-order valence-corrected chi connectivity index (χ2v) is 6.67. The van der Waals surface area contributed by atoms with Gasteiger partial charge in [-0.05, 0) is 56.3 Å². The monoisotopic (exact) mass is 361 g/mol. The molecule has 0 saturated heterocycles. The van der Waals surface area contributed by atoms with Crippen LogP contribution in [0.15, 0.2) is 66.9 Å². The molecule has 2 N–H and O–H groups in total. The van der Waals surface area contributed by atoms with E-state index in [1.807, 2.05) is 56.3 Å². The molecule has 4 nitrogen and oxygen atoms in total. The van der Waals surface area contributed by atoms with Crippen LogP contribution in [0.5, 0.6) is 5.75 Å². The highest BCUT2D eigenvalue weighted by Gasteiger charge is 2.06. The van der Waals surface area contributed by atoms with E-state index in [9.17, 15) is 4.39 Å². The molecule has 0 amide bonds.